The van der Waals surface area contributed by atoms with E-state index in [0.717, 1.165) is 0 Å². The molecular weight excluding hydrogens is 186 g/mol. The van der Waals surface area contributed by atoms with E-state index >= 15 is 0 Å². The van der Waals surface area contributed by atoms with Crippen LogP contribution in [0.1, 0.15) is 0 Å². The molecule has 0 aromatic rings. The quantitative estimate of drug-likeness (QED) is 0.448. The van der Waals surface area contributed by atoms with Crippen molar-refractivity contribution in [2.75, 3.05) is 6.54 Å². The minimum absolute atomic E-state index is 0.134. The highest BCUT2D eigenvalue weighted by Crippen LogP contribution is 2.02. The van der Waals surface area contributed by atoms with Crippen LogP contribution in [0.4, 0.5) is 4.79 Å². The predicted molar refractivity (Wildman–Crippen MR) is 37.2 cm³/mol. The Morgan fingerprint density at radius 2 is 2.44 bits per heavy atom. The summed E-state index contributed by atoms with van der Waals surface area (Å²) < 4.78 is 0. The Kier molecular flexibility index (Phi) is 1.92. The van der Waals surface area contributed by atoms with Gasteiger partial charge in [0.25, 0.3) is 0 Å². The number of carbonyl (C=O) groups is 1. The highest BCUT2D eigenvalue weighted by atomic mass is 79.9. The minimum atomic E-state index is -0.265. The molecule has 0 saturated carbocycles. The summed E-state index contributed by atoms with van der Waals surface area (Å²) in [6.07, 6.45) is -0.265. The molecule has 0 aromatic heterocycles. The summed E-state index contributed by atoms with van der Waals surface area (Å²) in [4.78, 5) is 10.6. The number of rotatable bonds is 0. The normalized spacial score (nSPS) is 35.1. The Hall–Kier alpha value is -0.290. The monoisotopic (exact) mass is 193 g/mol. The maximum Gasteiger partial charge on any atom is 0.316 e. The van der Waals surface area contributed by atoms with Crippen LogP contribution in [-0.2, 0) is 0 Å². The van der Waals surface area contributed by atoms with Crippen molar-refractivity contribution in [1.29, 1.82) is 0 Å². The SMILES string of the molecule is NC1NC(=O)NCC1Br. The van der Waals surface area contributed by atoms with Crippen LogP contribution in [0.2, 0.25) is 0 Å². The molecule has 4 nitrogen and oxygen atoms in total. The standard InChI is InChI=1S/C4H8BrN3O/c5-2-1-7-4(9)8-3(2)6/h2-3H,1,6H2,(H2,7,8,9). The second kappa shape index (κ2) is 2.53. The minimum Gasteiger partial charge on any atom is -0.337 e. The number of carbonyl (C=O) groups excluding carboxylic acids is 1. The molecule has 2 unspecified atom stereocenters. The second-order valence-corrected chi connectivity index (χ2v) is 3.07. The molecule has 4 N–H and O–H groups in total. The van der Waals surface area contributed by atoms with Crippen LogP contribution in [0.15, 0.2) is 0 Å². The van der Waals surface area contributed by atoms with Gasteiger partial charge in [-0.25, -0.2) is 4.79 Å². The van der Waals surface area contributed by atoms with Gasteiger partial charge in [-0.15, -0.1) is 0 Å². The number of hydrogen-bond donors (Lipinski definition) is 3. The van der Waals surface area contributed by atoms with Crippen molar-refractivity contribution in [3.63, 3.8) is 0 Å². The third kappa shape index (κ3) is 1.56. The molecule has 1 aliphatic heterocycles. The molecule has 1 aliphatic rings. The molecule has 0 aromatic carbocycles. The summed E-state index contributed by atoms with van der Waals surface area (Å²) in [6.45, 7) is 0.590. The van der Waals surface area contributed by atoms with Gasteiger partial charge >= 0.3 is 6.03 Å². The van der Waals surface area contributed by atoms with Crippen LogP contribution < -0.4 is 16.4 Å². The fourth-order valence-corrected chi connectivity index (χ4v) is 0.904. The number of amides is 2. The zero-order valence-electron chi connectivity index (χ0n) is 4.73. The van der Waals surface area contributed by atoms with Gasteiger partial charge in [-0.05, 0) is 0 Å². The number of halogens is 1. The number of nitrogens with two attached hydrogens (primary N) is 1. The summed E-state index contributed by atoms with van der Waals surface area (Å²) in [5.41, 5.74) is 5.45. The van der Waals surface area contributed by atoms with Gasteiger partial charge in [-0.1, -0.05) is 15.9 Å². The fraction of sp³-hybridized carbons (Fsp3) is 0.750. The van der Waals surface area contributed by atoms with Crippen LogP contribution >= 0.6 is 15.9 Å². The average Bonchev–Trinajstić information content (AvgIpc) is 1.80. The largest absolute Gasteiger partial charge is 0.337 e. The molecule has 1 saturated heterocycles. The van der Waals surface area contributed by atoms with Crippen molar-refractivity contribution in [1.82, 2.24) is 10.6 Å². The van der Waals surface area contributed by atoms with Crippen molar-refractivity contribution in [3.8, 4) is 0 Å². The first kappa shape index (κ1) is 6.82. The van der Waals surface area contributed by atoms with E-state index in [1.807, 2.05) is 0 Å². The number of alkyl halides is 1. The number of nitrogens with one attached hydrogen (secondary N) is 2. The lowest BCUT2D eigenvalue weighted by atomic mass is 10.3. The second-order valence-electron chi connectivity index (χ2n) is 1.90. The van der Waals surface area contributed by atoms with E-state index in [1.165, 1.54) is 0 Å². The molecule has 1 rings (SSSR count). The predicted octanol–water partition coefficient (Wildman–Crippen LogP) is -0.652. The van der Waals surface area contributed by atoms with Crippen LogP contribution in [-0.4, -0.2) is 23.6 Å². The Morgan fingerprint density at radius 3 is 2.89 bits per heavy atom. The van der Waals surface area contributed by atoms with Crippen LogP contribution in [0.5, 0.6) is 0 Å². The van der Waals surface area contributed by atoms with Crippen molar-refractivity contribution in [2.45, 2.75) is 11.0 Å². The zero-order chi connectivity index (χ0) is 6.85. The molecule has 2 atom stereocenters. The number of hydrogen-bond acceptors (Lipinski definition) is 2. The molecule has 2 amide bonds. The van der Waals surface area contributed by atoms with Gasteiger partial charge in [0.2, 0.25) is 0 Å². The lowest BCUT2D eigenvalue weighted by molar-refractivity contribution is 0.231. The van der Waals surface area contributed by atoms with Crippen molar-refractivity contribution < 1.29 is 4.79 Å². The zero-order valence-corrected chi connectivity index (χ0v) is 6.31. The van der Waals surface area contributed by atoms with E-state index < -0.39 is 0 Å². The van der Waals surface area contributed by atoms with Crippen molar-refractivity contribution >= 4 is 22.0 Å². The lowest BCUT2D eigenvalue weighted by Gasteiger charge is -2.25. The van der Waals surface area contributed by atoms with E-state index in [0.29, 0.717) is 6.54 Å². The van der Waals surface area contributed by atoms with Gasteiger partial charge in [0.15, 0.2) is 0 Å². The van der Waals surface area contributed by atoms with Gasteiger partial charge in [0.05, 0.1) is 11.0 Å². The Labute approximate surface area is 61.3 Å². The van der Waals surface area contributed by atoms with E-state index in [9.17, 15) is 4.79 Å². The van der Waals surface area contributed by atoms with E-state index in [2.05, 4.69) is 26.6 Å². The van der Waals surface area contributed by atoms with Crippen LogP contribution in [0.3, 0.4) is 0 Å². The van der Waals surface area contributed by atoms with Crippen LogP contribution in [0, 0.1) is 0 Å². The third-order valence-corrected chi connectivity index (χ3v) is 2.04. The molecule has 0 spiro atoms. The summed E-state index contributed by atoms with van der Waals surface area (Å²) >= 11 is 3.28. The summed E-state index contributed by atoms with van der Waals surface area (Å²) in [5.74, 6) is 0. The first-order valence-electron chi connectivity index (χ1n) is 2.64. The molecule has 5 heteroatoms. The van der Waals surface area contributed by atoms with E-state index in [-0.39, 0.29) is 17.0 Å². The molecule has 0 aliphatic carbocycles. The molecule has 1 heterocycles. The molecule has 52 valence electrons. The third-order valence-electron chi connectivity index (χ3n) is 1.15. The Balaban J connectivity index is 2.44. The van der Waals surface area contributed by atoms with E-state index in [4.69, 9.17) is 5.73 Å². The van der Waals surface area contributed by atoms with E-state index in [1.54, 1.807) is 0 Å². The maximum atomic E-state index is 10.5. The lowest BCUT2D eigenvalue weighted by Crippen LogP contribution is -2.59. The molecular formula is C4H8BrN3O. The molecule has 0 bridgehead atoms. The Morgan fingerprint density at radius 1 is 1.78 bits per heavy atom. The van der Waals surface area contributed by atoms with Gasteiger partial charge in [-0.2, -0.15) is 0 Å². The highest BCUT2D eigenvalue weighted by molar-refractivity contribution is 9.09. The fourth-order valence-electron chi connectivity index (χ4n) is 0.610. The molecule has 1 fully saturated rings. The topological polar surface area (TPSA) is 67.1 Å². The summed E-state index contributed by atoms with van der Waals surface area (Å²) in [5, 5.41) is 5.10. The molecule has 9 heavy (non-hydrogen) atoms. The van der Waals surface area contributed by atoms with Crippen molar-refractivity contribution in [2.24, 2.45) is 5.73 Å². The average molecular weight is 194 g/mol. The first-order chi connectivity index (χ1) is 4.20. The van der Waals surface area contributed by atoms with Gasteiger partial charge in [-0.3, -0.25) is 0 Å². The number of urea groups is 1. The molecule has 0 radical (unpaired) electrons. The van der Waals surface area contributed by atoms with Crippen molar-refractivity contribution in [3.05, 3.63) is 0 Å². The van der Waals surface area contributed by atoms with Gasteiger partial charge < -0.3 is 16.4 Å². The van der Waals surface area contributed by atoms with Gasteiger partial charge in [0.1, 0.15) is 0 Å². The smallest absolute Gasteiger partial charge is 0.316 e. The highest BCUT2D eigenvalue weighted by Gasteiger charge is 2.21. The van der Waals surface area contributed by atoms with Gasteiger partial charge in [0, 0.05) is 6.54 Å². The van der Waals surface area contributed by atoms with Crippen LogP contribution in [0.25, 0.3) is 0 Å². The summed E-state index contributed by atoms with van der Waals surface area (Å²) in [6, 6.07) is -0.196. The summed E-state index contributed by atoms with van der Waals surface area (Å²) in [7, 11) is 0. The maximum absolute atomic E-state index is 10.5. The Bertz CT molecular complexity index is 129. The first-order valence-corrected chi connectivity index (χ1v) is 3.56.